The molecule has 92 valence electrons. The SMILES string of the molecule is CC(C)(CC(=O)c1ccc(F)c(Br)c1)C(=O)O. The minimum absolute atomic E-state index is 0.125. The third kappa shape index (κ3) is 3.36. The molecule has 5 heteroatoms. The molecule has 0 aromatic heterocycles. The fraction of sp³-hybridized carbons (Fsp3) is 0.333. The Hall–Kier alpha value is -1.23. The van der Waals surface area contributed by atoms with Gasteiger partial charge in [-0.05, 0) is 48.0 Å². The Kier molecular flexibility index (Phi) is 4.03. The van der Waals surface area contributed by atoms with Crippen molar-refractivity contribution < 1.29 is 19.1 Å². The molecule has 17 heavy (non-hydrogen) atoms. The molecule has 0 spiro atoms. The predicted octanol–water partition coefficient (Wildman–Crippen LogP) is 3.27. The number of carbonyl (C=O) groups is 2. The Morgan fingerprint density at radius 2 is 2.00 bits per heavy atom. The first-order chi connectivity index (χ1) is 7.74. The Bertz CT molecular complexity index is 469. The van der Waals surface area contributed by atoms with E-state index in [1.54, 1.807) is 0 Å². The van der Waals surface area contributed by atoms with Crippen LogP contribution in [0, 0.1) is 11.2 Å². The minimum Gasteiger partial charge on any atom is -0.481 e. The van der Waals surface area contributed by atoms with Crippen LogP contribution in [0.3, 0.4) is 0 Å². The second kappa shape index (κ2) is 4.96. The van der Waals surface area contributed by atoms with Gasteiger partial charge in [0.15, 0.2) is 5.78 Å². The van der Waals surface area contributed by atoms with E-state index in [4.69, 9.17) is 5.11 Å². The molecule has 0 saturated carbocycles. The standard InChI is InChI=1S/C12H12BrFO3/c1-12(2,11(16)17)6-10(15)7-3-4-9(14)8(13)5-7/h3-5H,6H2,1-2H3,(H,16,17). The highest BCUT2D eigenvalue weighted by molar-refractivity contribution is 9.10. The van der Waals surface area contributed by atoms with Crippen molar-refractivity contribution in [3.8, 4) is 0 Å². The minimum atomic E-state index is -1.13. The number of rotatable bonds is 4. The van der Waals surface area contributed by atoms with Crippen molar-refractivity contribution >= 4 is 27.7 Å². The number of aliphatic carboxylic acids is 1. The summed E-state index contributed by atoms with van der Waals surface area (Å²) in [6.45, 7) is 2.96. The van der Waals surface area contributed by atoms with Gasteiger partial charge in [-0.25, -0.2) is 4.39 Å². The molecule has 1 N–H and O–H groups in total. The monoisotopic (exact) mass is 302 g/mol. The van der Waals surface area contributed by atoms with Crippen molar-refractivity contribution in [2.24, 2.45) is 5.41 Å². The quantitative estimate of drug-likeness (QED) is 0.869. The molecular formula is C12H12BrFO3. The van der Waals surface area contributed by atoms with Crippen LogP contribution in [0.15, 0.2) is 22.7 Å². The molecule has 1 aromatic carbocycles. The first-order valence-electron chi connectivity index (χ1n) is 4.95. The Morgan fingerprint density at radius 3 is 2.47 bits per heavy atom. The molecule has 0 saturated heterocycles. The van der Waals surface area contributed by atoms with E-state index in [0.29, 0.717) is 5.56 Å². The van der Waals surface area contributed by atoms with Crippen molar-refractivity contribution in [2.75, 3.05) is 0 Å². The average Bonchev–Trinajstić information content (AvgIpc) is 2.21. The van der Waals surface area contributed by atoms with Gasteiger partial charge in [0.05, 0.1) is 9.89 Å². The summed E-state index contributed by atoms with van der Waals surface area (Å²) >= 11 is 2.98. The van der Waals surface area contributed by atoms with Crippen molar-refractivity contribution in [1.82, 2.24) is 0 Å². The molecule has 0 atom stereocenters. The van der Waals surface area contributed by atoms with Crippen LogP contribution in [0.2, 0.25) is 0 Å². The van der Waals surface area contributed by atoms with Crippen molar-refractivity contribution in [1.29, 1.82) is 0 Å². The Morgan fingerprint density at radius 1 is 1.41 bits per heavy atom. The predicted molar refractivity (Wildman–Crippen MR) is 64.5 cm³/mol. The van der Waals surface area contributed by atoms with Crippen molar-refractivity contribution in [2.45, 2.75) is 20.3 Å². The van der Waals surface area contributed by atoms with Crippen LogP contribution in [0.1, 0.15) is 30.6 Å². The van der Waals surface area contributed by atoms with Crippen LogP contribution in [0.25, 0.3) is 0 Å². The lowest BCUT2D eigenvalue weighted by Gasteiger charge is -2.17. The number of hydrogen-bond acceptors (Lipinski definition) is 2. The number of carboxylic acids is 1. The van der Waals surface area contributed by atoms with Gasteiger partial charge in [-0.3, -0.25) is 9.59 Å². The van der Waals surface area contributed by atoms with Crippen LogP contribution in [0.4, 0.5) is 4.39 Å². The average molecular weight is 303 g/mol. The third-order valence-electron chi connectivity index (χ3n) is 2.42. The zero-order valence-electron chi connectivity index (χ0n) is 9.46. The molecule has 0 unspecified atom stereocenters. The third-order valence-corrected chi connectivity index (χ3v) is 3.03. The molecule has 1 rings (SSSR count). The van der Waals surface area contributed by atoms with Gasteiger partial charge in [-0.15, -0.1) is 0 Å². The van der Waals surface area contributed by atoms with E-state index in [0.717, 1.165) is 0 Å². The smallest absolute Gasteiger partial charge is 0.309 e. The maximum Gasteiger partial charge on any atom is 0.309 e. The summed E-state index contributed by atoms with van der Waals surface area (Å²) in [5.41, 5.74) is -0.828. The first-order valence-corrected chi connectivity index (χ1v) is 5.75. The fourth-order valence-electron chi connectivity index (χ4n) is 1.25. The van der Waals surface area contributed by atoms with Gasteiger partial charge >= 0.3 is 5.97 Å². The van der Waals surface area contributed by atoms with Gasteiger partial charge in [0.2, 0.25) is 0 Å². The van der Waals surface area contributed by atoms with Gasteiger partial charge in [0.25, 0.3) is 0 Å². The maximum atomic E-state index is 13.0. The first kappa shape index (κ1) is 13.8. The normalized spacial score (nSPS) is 11.3. The summed E-state index contributed by atoms with van der Waals surface area (Å²) in [5.74, 6) is -1.82. The molecular weight excluding hydrogens is 291 g/mol. The molecule has 3 nitrogen and oxygen atoms in total. The summed E-state index contributed by atoms with van der Waals surface area (Å²) in [6, 6.07) is 3.88. The van der Waals surface area contributed by atoms with E-state index in [1.165, 1.54) is 32.0 Å². The number of halogens is 2. The van der Waals surface area contributed by atoms with Crippen LogP contribution in [-0.2, 0) is 4.79 Å². The van der Waals surface area contributed by atoms with Gasteiger partial charge in [0, 0.05) is 12.0 Å². The maximum absolute atomic E-state index is 13.0. The molecule has 0 radical (unpaired) electrons. The molecule has 0 amide bonds. The number of carbonyl (C=O) groups excluding carboxylic acids is 1. The van der Waals surface area contributed by atoms with E-state index >= 15 is 0 Å². The highest BCUT2D eigenvalue weighted by Crippen LogP contribution is 2.25. The summed E-state index contributed by atoms with van der Waals surface area (Å²) in [4.78, 5) is 22.7. The highest BCUT2D eigenvalue weighted by atomic mass is 79.9. The van der Waals surface area contributed by atoms with Crippen LogP contribution >= 0.6 is 15.9 Å². The zero-order chi connectivity index (χ0) is 13.2. The Balaban J connectivity index is 2.91. The van der Waals surface area contributed by atoms with Gasteiger partial charge < -0.3 is 5.11 Å². The summed E-state index contributed by atoms with van der Waals surface area (Å²) < 4.78 is 13.2. The molecule has 0 aliphatic rings. The molecule has 0 bridgehead atoms. The zero-order valence-corrected chi connectivity index (χ0v) is 11.0. The fourth-order valence-corrected chi connectivity index (χ4v) is 1.63. The largest absolute Gasteiger partial charge is 0.481 e. The number of hydrogen-bond donors (Lipinski definition) is 1. The highest BCUT2D eigenvalue weighted by Gasteiger charge is 2.30. The lowest BCUT2D eigenvalue weighted by Crippen LogP contribution is -2.26. The molecule has 1 aromatic rings. The van der Waals surface area contributed by atoms with Crippen LogP contribution in [0.5, 0.6) is 0 Å². The van der Waals surface area contributed by atoms with Gasteiger partial charge in [0.1, 0.15) is 5.82 Å². The van der Waals surface area contributed by atoms with Crippen molar-refractivity contribution in [3.05, 3.63) is 34.1 Å². The summed E-state index contributed by atoms with van der Waals surface area (Å²) in [5, 5.41) is 8.91. The van der Waals surface area contributed by atoms with E-state index in [-0.39, 0.29) is 16.7 Å². The second-order valence-electron chi connectivity index (χ2n) is 4.42. The van der Waals surface area contributed by atoms with E-state index in [9.17, 15) is 14.0 Å². The summed E-state index contributed by atoms with van der Waals surface area (Å²) in [6.07, 6.45) is -0.125. The van der Waals surface area contributed by atoms with Crippen LogP contribution in [-0.4, -0.2) is 16.9 Å². The Labute approximate surface area is 107 Å². The molecule has 0 heterocycles. The molecule has 0 aliphatic carbocycles. The second-order valence-corrected chi connectivity index (χ2v) is 5.27. The van der Waals surface area contributed by atoms with Gasteiger partial charge in [-0.2, -0.15) is 0 Å². The van der Waals surface area contributed by atoms with Crippen molar-refractivity contribution in [3.63, 3.8) is 0 Å². The number of benzene rings is 1. The lowest BCUT2D eigenvalue weighted by molar-refractivity contribution is -0.146. The van der Waals surface area contributed by atoms with Crippen LogP contribution < -0.4 is 0 Å². The van der Waals surface area contributed by atoms with E-state index in [1.807, 2.05) is 0 Å². The molecule has 0 aliphatic heterocycles. The molecule has 0 fully saturated rings. The van der Waals surface area contributed by atoms with Gasteiger partial charge in [-0.1, -0.05) is 0 Å². The number of ketones is 1. The topological polar surface area (TPSA) is 54.4 Å². The van der Waals surface area contributed by atoms with E-state index < -0.39 is 17.2 Å². The summed E-state index contributed by atoms with van der Waals surface area (Å²) in [7, 11) is 0. The van der Waals surface area contributed by atoms with E-state index in [2.05, 4.69) is 15.9 Å². The lowest BCUT2D eigenvalue weighted by atomic mass is 9.86. The number of Topliss-reactive ketones (excluding diaryl/α,β-unsaturated/α-hetero) is 1. The number of carboxylic acid groups (broad SMARTS) is 1.